The highest BCUT2D eigenvalue weighted by Crippen LogP contribution is 2.35. The Balaban J connectivity index is 3.67. The molecule has 20 heavy (non-hydrogen) atoms. The molecule has 0 aromatic carbocycles. The summed E-state index contributed by atoms with van der Waals surface area (Å²) in [5, 5.41) is 17.6. The molecule has 1 aliphatic rings. The zero-order valence-electron chi connectivity index (χ0n) is 9.42. The molecule has 0 fully saturated rings. The van der Waals surface area contributed by atoms with Crippen LogP contribution < -0.4 is 0 Å². The van der Waals surface area contributed by atoms with Gasteiger partial charge in [-0.1, -0.05) is 0 Å². The molecule has 112 valence electrons. The number of hydrogen-bond donors (Lipinski definition) is 4. The molecule has 10 nitrogen and oxygen atoms in total. The van der Waals surface area contributed by atoms with Crippen molar-refractivity contribution < 1.29 is 45.7 Å². The maximum Gasteiger partial charge on any atom is 0.336 e. The van der Waals surface area contributed by atoms with E-state index in [9.17, 15) is 26.4 Å². The number of carboxylic acid groups (broad SMARTS) is 2. The molecule has 1 atom stereocenters. The van der Waals surface area contributed by atoms with E-state index in [1.807, 2.05) is 0 Å². The second-order valence-corrected chi connectivity index (χ2v) is 6.92. The van der Waals surface area contributed by atoms with Crippen LogP contribution in [0.4, 0.5) is 0 Å². The molecule has 0 aromatic heterocycles. The topological polar surface area (TPSA) is 183 Å². The number of hydrogen-bond acceptors (Lipinski definition) is 6. The molecule has 0 heterocycles. The van der Waals surface area contributed by atoms with Crippen molar-refractivity contribution in [2.24, 2.45) is 0 Å². The second-order valence-electron chi connectivity index (χ2n) is 3.80. The Bertz CT molecular complexity index is 738. The molecular weight excluding hydrogens is 320 g/mol. The first-order chi connectivity index (χ1) is 8.83. The molecule has 0 amide bonds. The second kappa shape index (κ2) is 4.66. The minimum Gasteiger partial charge on any atom is -0.480 e. The molecule has 1 aliphatic carbocycles. The maximum atomic E-state index is 11.2. The summed E-state index contributed by atoms with van der Waals surface area (Å²) in [5.74, 6) is -3.94. The average molecular weight is 328 g/mol. The first-order valence-electron chi connectivity index (χ1n) is 4.66. The highest BCUT2D eigenvalue weighted by atomic mass is 32.2. The van der Waals surface area contributed by atoms with Gasteiger partial charge in [0.25, 0.3) is 20.2 Å². The SMILES string of the molecule is O=C(O)C1=C(S(=O)(=O)O)CC(C(=O)O)(S(=O)(=O)O)C=C1. The van der Waals surface area contributed by atoms with E-state index in [0.29, 0.717) is 12.2 Å². The predicted molar refractivity (Wildman–Crippen MR) is 61.9 cm³/mol. The van der Waals surface area contributed by atoms with Gasteiger partial charge in [0.1, 0.15) is 0 Å². The molecule has 0 saturated carbocycles. The van der Waals surface area contributed by atoms with Crippen molar-refractivity contribution in [1.82, 2.24) is 0 Å². The van der Waals surface area contributed by atoms with Gasteiger partial charge in [-0.2, -0.15) is 16.8 Å². The van der Waals surface area contributed by atoms with Gasteiger partial charge in [0, 0.05) is 6.42 Å². The van der Waals surface area contributed by atoms with Gasteiger partial charge in [0.2, 0.25) is 4.75 Å². The summed E-state index contributed by atoms with van der Waals surface area (Å²) in [6, 6.07) is 0. The van der Waals surface area contributed by atoms with E-state index >= 15 is 0 Å². The van der Waals surface area contributed by atoms with E-state index in [-0.39, 0.29) is 0 Å². The molecule has 0 spiro atoms. The number of aliphatic carboxylic acids is 2. The Morgan fingerprint density at radius 3 is 1.90 bits per heavy atom. The molecule has 0 bridgehead atoms. The lowest BCUT2D eigenvalue weighted by atomic mass is 9.95. The molecule has 0 aliphatic heterocycles. The van der Waals surface area contributed by atoms with Gasteiger partial charge in [-0.25, -0.2) is 4.79 Å². The Morgan fingerprint density at radius 2 is 1.60 bits per heavy atom. The molecule has 0 aromatic rings. The van der Waals surface area contributed by atoms with Crippen molar-refractivity contribution in [3.8, 4) is 0 Å². The third-order valence-corrected chi connectivity index (χ3v) is 4.97. The van der Waals surface area contributed by atoms with Crippen LogP contribution in [0.1, 0.15) is 6.42 Å². The van der Waals surface area contributed by atoms with Gasteiger partial charge in [-0.05, 0) is 12.2 Å². The fraction of sp³-hybridized carbons (Fsp3) is 0.250. The van der Waals surface area contributed by atoms with Gasteiger partial charge in [0.05, 0.1) is 10.5 Å². The van der Waals surface area contributed by atoms with Crippen molar-refractivity contribution in [1.29, 1.82) is 0 Å². The largest absolute Gasteiger partial charge is 0.480 e. The van der Waals surface area contributed by atoms with Crippen LogP contribution in [0.15, 0.2) is 22.6 Å². The van der Waals surface area contributed by atoms with Gasteiger partial charge in [-0.3, -0.25) is 13.9 Å². The monoisotopic (exact) mass is 328 g/mol. The minimum absolute atomic E-state index is 0.336. The normalized spacial score (nSPS) is 23.7. The van der Waals surface area contributed by atoms with Crippen molar-refractivity contribution in [2.75, 3.05) is 0 Å². The van der Waals surface area contributed by atoms with Crippen molar-refractivity contribution in [3.05, 3.63) is 22.6 Å². The van der Waals surface area contributed by atoms with Crippen LogP contribution in [0, 0.1) is 0 Å². The number of carbonyl (C=O) groups is 2. The van der Waals surface area contributed by atoms with Crippen LogP contribution in [0.2, 0.25) is 0 Å². The van der Waals surface area contributed by atoms with Gasteiger partial charge < -0.3 is 10.2 Å². The summed E-state index contributed by atoms with van der Waals surface area (Å²) in [7, 11) is -10.5. The molecule has 4 N–H and O–H groups in total. The fourth-order valence-corrected chi connectivity index (χ4v) is 3.28. The highest BCUT2D eigenvalue weighted by molar-refractivity contribution is 7.90. The fourth-order valence-electron chi connectivity index (χ4n) is 1.56. The summed E-state index contributed by atoms with van der Waals surface area (Å²) in [5.41, 5.74) is -0.993. The summed E-state index contributed by atoms with van der Waals surface area (Å²) in [6.45, 7) is 0. The maximum absolute atomic E-state index is 11.2. The summed E-state index contributed by atoms with van der Waals surface area (Å²) < 4.78 is 59.3. The standard InChI is InChI=1S/C8H8O10S2/c9-6(10)4-1-2-8(7(11)12,20(16,17)18)3-5(4)19(13,14)15/h1-2H,3H2,(H,9,10)(H,11,12)(H,13,14,15)(H,16,17,18). The van der Waals surface area contributed by atoms with Crippen molar-refractivity contribution >= 4 is 32.2 Å². The van der Waals surface area contributed by atoms with Crippen LogP contribution in [0.25, 0.3) is 0 Å². The average Bonchev–Trinajstić information content (AvgIpc) is 2.24. The summed E-state index contributed by atoms with van der Waals surface area (Å²) >= 11 is 0. The summed E-state index contributed by atoms with van der Waals surface area (Å²) in [4.78, 5) is 20.5. The van der Waals surface area contributed by atoms with E-state index < -0.39 is 53.8 Å². The van der Waals surface area contributed by atoms with Gasteiger partial charge >= 0.3 is 11.9 Å². The number of carboxylic acids is 2. The van der Waals surface area contributed by atoms with E-state index in [1.54, 1.807) is 0 Å². The van der Waals surface area contributed by atoms with Crippen LogP contribution >= 0.6 is 0 Å². The number of allylic oxidation sites excluding steroid dienone is 1. The van der Waals surface area contributed by atoms with E-state index in [0.717, 1.165) is 0 Å². The third-order valence-electron chi connectivity index (χ3n) is 2.61. The molecule has 0 radical (unpaired) electrons. The Morgan fingerprint density at radius 1 is 1.10 bits per heavy atom. The van der Waals surface area contributed by atoms with Gasteiger partial charge in [-0.15, -0.1) is 0 Å². The quantitative estimate of drug-likeness (QED) is 0.461. The van der Waals surface area contributed by atoms with E-state index in [1.165, 1.54) is 0 Å². The third kappa shape index (κ3) is 2.58. The first kappa shape index (κ1) is 16.3. The Labute approximate surface area is 112 Å². The lowest BCUT2D eigenvalue weighted by Gasteiger charge is -2.26. The summed E-state index contributed by atoms with van der Waals surface area (Å²) in [6.07, 6.45) is -0.724. The molecular formula is C8H8O10S2. The highest BCUT2D eigenvalue weighted by Gasteiger charge is 2.53. The van der Waals surface area contributed by atoms with Crippen LogP contribution in [-0.4, -0.2) is 52.8 Å². The lowest BCUT2D eigenvalue weighted by molar-refractivity contribution is -0.139. The Hall–Kier alpha value is -1.76. The van der Waals surface area contributed by atoms with E-state index in [2.05, 4.69) is 0 Å². The lowest BCUT2D eigenvalue weighted by Crippen LogP contribution is -2.47. The minimum atomic E-state index is -5.32. The zero-order valence-corrected chi connectivity index (χ0v) is 11.0. The first-order valence-corrected chi connectivity index (χ1v) is 7.54. The molecule has 12 heteroatoms. The smallest absolute Gasteiger partial charge is 0.336 e. The Kier molecular flexibility index (Phi) is 3.80. The molecule has 0 saturated heterocycles. The van der Waals surface area contributed by atoms with Crippen molar-refractivity contribution in [3.63, 3.8) is 0 Å². The molecule has 1 unspecified atom stereocenters. The van der Waals surface area contributed by atoms with E-state index in [4.69, 9.17) is 19.3 Å². The predicted octanol–water partition coefficient (Wildman–Crippen LogP) is -1.12. The van der Waals surface area contributed by atoms with Crippen LogP contribution in [-0.2, 0) is 29.8 Å². The van der Waals surface area contributed by atoms with Crippen molar-refractivity contribution in [2.45, 2.75) is 11.2 Å². The zero-order chi connectivity index (χ0) is 15.9. The van der Waals surface area contributed by atoms with Gasteiger partial charge in [0.15, 0.2) is 0 Å². The number of rotatable bonds is 4. The van der Waals surface area contributed by atoms with Crippen LogP contribution in [0.5, 0.6) is 0 Å². The van der Waals surface area contributed by atoms with Crippen LogP contribution in [0.3, 0.4) is 0 Å². The molecule has 1 rings (SSSR count).